The quantitative estimate of drug-likeness (QED) is 0.526. The third-order valence-corrected chi connectivity index (χ3v) is 2.73. The molecule has 0 unspecified atom stereocenters. The first-order chi connectivity index (χ1) is 10.7. The maximum atomic E-state index is 11.5. The van der Waals surface area contributed by atoms with Crippen LogP contribution in [0.4, 0.5) is 5.69 Å². The Morgan fingerprint density at radius 3 is 2.14 bits per heavy atom. The molecule has 0 aliphatic carbocycles. The van der Waals surface area contributed by atoms with Gasteiger partial charge in [0.15, 0.2) is 0 Å². The minimum atomic E-state index is -0.893. The highest BCUT2D eigenvalue weighted by molar-refractivity contribution is 6.37. The normalized spacial score (nSPS) is 9.32. The number of carbonyl (C=O) groups excluding carboxylic acids is 2. The molecule has 2 rings (SSSR count). The summed E-state index contributed by atoms with van der Waals surface area (Å²) in [6, 6.07) is 16.6. The van der Waals surface area contributed by atoms with E-state index in [1.54, 1.807) is 31.2 Å². The SMILES string of the molecule is CCOC(=O)C(=O)Nc1ccc(C#Cc2ccccc2)cc1. The van der Waals surface area contributed by atoms with E-state index in [-0.39, 0.29) is 6.61 Å². The number of rotatable bonds is 2. The van der Waals surface area contributed by atoms with Gasteiger partial charge in [-0.05, 0) is 43.3 Å². The Hall–Kier alpha value is -3.06. The lowest BCUT2D eigenvalue weighted by Gasteiger charge is -2.04. The lowest BCUT2D eigenvalue weighted by atomic mass is 10.1. The van der Waals surface area contributed by atoms with Crippen molar-refractivity contribution in [3.63, 3.8) is 0 Å². The third-order valence-electron chi connectivity index (χ3n) is 2.73. The van der Waals surface area contributed by atoms with Crippen LogP contribution in [-0.4, -0.2) is 18.5 Å². The van der Waals surface area contributed by atoms with Crippen LogP contribution < -0.4 is 5.32 Å². The Morgan fingerprint density at radius 1 is 0.955 bits per heavy atom. The summed E-state index contributed by atoms with van der Waals surface area (Å²) in [4.78, 5) is 22.7. The average molecular weight is 293 g/mol. The van der Waals surface area contributed by atoms with E-state index in [2.05, 4.69) is 21.9 Å². The fraction of sp³-hybridized carbons (Fsp3) is 0.111. The number of benzene rings is 2. The van der Waals surface area contributed by atoms with Crippen LogP contribution in [0, 0.1) is 11.8 Å². The standard InChI is InChI=1S/C18H15NO3/c1-2-22-18(21)17(20)19-16-12-10-15(11-13-16)9-8-14-6-4-3-5-7-14/h3-7,10-13H,2H2,1H3,(H,19,20). The van der Waals surface area contributed by atoms with Crippen molar-refractivity contribution in [3.8, 4) is 11.8 Å². The Bertz CT molecular complexity index is 709. The molecule has 110 valence electrons. The number of carbonyl (C=O) groups is 2. The fourth-order valence-electron chi connectivity index (χ4n) is 1.68. The second-order valence-electron chi connectivity index (χ2n) is 4.37. The molecule has 0 heterocycles. The van der Waals surface area contributed by atoms with Crippen molar-refractivity contribution in [3.05, 3.63) is 65.7 Å². The molecule has 0 radical (unpaired) electrons. The van der Waals surface area contributed by atoms with Crippen molar-refractivity contribution < 1.29 is 14.3 Å². The van der Waals surface area contributed by atoms with Crippen molar-refractivity contribution in [2.24, 2.45) is 0 Å². The van der Waals surface area contributed by atoms with Gasteiger partial charge in [-0.1, -0.05) is 30.0 Å². The van der Waals surface area contributed by atoms with Gasteiger partial charge in [-0.15, -0.1) is 0 Å². The van der Waals surface area contributed by atoms with E-state index >= 15 is 0 Å². The largest absolute Gasteiger partial charge is 0.459 e. The van der Waals surface area contributed by atoms with E-state index < -0.39 is 11.9 Å². The molecule has 0 aliphatic rings. The van der Waals surface area contributed by atoms with Gasteiger partial charge in [-0.3, -0.25) is 4.79 Å². The van der Waals surface area contributed by atoms with Gasteiger partial charge >= 0.3 is 11.9 Å². The molecule has 0 fully saturated rings. The molecule has 0 atom stereocenters. The van der Waals surface area contributed by atoms with E-state index in [9.17, 15) is 9.59 Å². The van der Waals surface area contributed by atoms with Crippen LogP contribution in [0.3, 0.4) is 0 Å². The summed E-state index contributed by atoms with van der Waals surface area (Å²) < 4.78 is 4.61. The summed E-state index contributed by atoms with van der Waals surface area (Å²) in [6.45, 7) is 1.81. The molecule has 0 aliphatic heterocycles. The second kappa shape index (κ2) is 7.65. The number of hydrogen-bond donors (Lipinski definition) is 1. The zero-order valence-corrected chi connectivity index (χ0v) is 12.1. The predicted molar refractivity (Wildman–Crippen MR) is 84.1 cm³/mol. The van der Waals surface area contributed by atoms with E-state index in [0.717, 1.165) is 11.1 Å². The van der Waals surface area contributed by atoms with Crippen LogP contribution in [0.25, 0.3) is 0 Å². The van der Waals surface area contributed by atoms with Crippen molar-refractivity contribution in [1.29, 1.82) is 0 Å². The van der Waals surface area contributed by atoms with Gasteiger partial charge in [-0.25, -0.2) is 4.79 Å². The molecule has 2 aromatic carbocycles. The molecule has 2 aromatic rings. The second-order valence-corrected chi connectivity index (χ2v) is 4.37. The van der Waals surface area contributed by atoms with E-state index in [1.807, 2.05) is 30.3 Å². The van der Waals surface area contributed by atoms with Crippen LogP contribution in [0.2, 0.25) is 0 Å². The van der Waals surface area contributed by atoms with Gasteiger partial charge in [0, 0.05) is 16.8 Å². The summed E-state index contributed by atoms with van der Waals surface area (Å²) in [5, 5.41) is 2.47. The van der Waals surface area contributed by atoms with Crippen LogP contribution in [0.1, 0.15) is 18.1 Å². The van der Waals surface area contributed by atoms with Crippen molar-refractivity contribution in [1.82, 2.24) is 0 Å². The number of amides is 1. The Balaban J connectivity index is 2.01. The maximum Gasteiger partial charge on any atom is 0.397 e. The first-order valence-electron chi connectivity index (χ1n) is 6.84. The number of nitrogens with one attached hydrogen (secondary N) is 1. The highest BCUT2D eigenvalue weighted by Gasteiger charge is 2.14. The van der Waals surface area contributed by atoms with Crippen LogP contribution in [0.5, 0.6) is 0 Å². The van der Waals surface area contributed by atoms with Crippen molar-refractivity contribution in [2.75, 3.05) is 11.9 Å². The molecule has 0 aromatic heterocycles. The molecule has 22 heavy (non-hydrogen) atoms. The zero-order valence-electron chi connectivity index (χ0n) is 12.1. The Kier molecular flexibility index (Phi) is 5.33. The topological polar surface area (TPSA) is 55.4 Å². The Labute approximate surface area is 129 Å². The van der Waals surface area contributed by atoms with Gasteiger partial charge in [0.05, 0.1) is 6.61 Å². The summed E-state index contributed by atoms with van der Waals surface area (Å²) in [5.41, 5.74) is 2.27. The molecular weight excluding hydrogens is 278 g/mol. The molecule has 1 N–H and O–H groups in total. The van der Waals surface area contributed by atoms with Gasteiger partial charge < -0.3 is 10.1 Å². The molecule has 4 nitrogen and oxygen atoms in total. The van der Waals surface area contributed by atoms with Gasteiger partial charge in [-0.2, -0.15) is 0 Å². The van der Waals surface area contributed by atoms with E-state index in [0.29, 0.717) is 5.69 Å². The highest BCUT2D eigenvalue weighted by atomic mass is 16.5. The zero-order chi connectivity index (χ0) is 15.8. The van der Waals surface area contributed by atoms with Crippen molar-refractivity contribution in [2.45, 2.75) is 6.92 Å². The van der Waals surface area contributed by atoms with Crippen LogP contribution in [0.15, 0.2) is 54.6 Å². The minimum Gasteiger partial charge on any atom is -0.459 e. The van der Waals surface area contributed by atoms with Crippen molar-refractivity contribution >= 4 is 17.6 Å². The van der Waals surface area contributed by atoms with Gasteiger partial charge in [0.25, 0.3) is 0 Å². The number of esters is 1. The average Bonchev–Trinajstić information content (AvgIpc) is 2.55. The summed E-state index contributed by atoms with van der Waals surface area (Å²) in [6.07, 6.45) is 0. The summed E-state index contributed by atoms with van der Waals surface area (Å²) in [7, 11) is 0. The number of anilines is 1. The van der Waals surface area contributed by atoms with E-state index in [1.165, 1.54) is 0 Å². The smallest absolute Gasteiger partial charge is 0.397 e. The molecule has 4 heteroatoms. The third kappa shape index (κ3) is 4.50. The highest BCUT2D eigenvalue weighted by Crippen LogP contribution is 2.09. The summed E-state index contributed by atoms with van der Waals surface area (Å²) in [5.74, 6) is 4.39. The molecule has 0 bridgehead atoms. The lowest BCUT2D eigenvalue weighted by molar-refractivity contribution is -0.152. The molecule has 0 spiro atoms. The molecule has 0 saturated carbocycles. The number of ether oxygens (including phenoxy) is 1. The first kappa shape index (κ1) is 15.3. The minimum absolute atomic E-state index is 0.167. The first-order valence-corrected chi connectivity index (χ1v) is 6.84. The Morgan fingerprint density at radius 2 is 1.55 bits per heavy atom. The van der Waals surface area contributed by atoms with Crippen LogP contribution >= 0.6 is 0 Å². The number of hydrogen-bond acceptors (Lipinski definition) is 3. The maximum absolute atomic E-state index is 11.5. The fourth-order valence-corrected chi connectivity index (χ4v) is 1.68. The lowest BCUT2D eigenvalue weighted by Crippen LogP contribution is -2.24. The van der Waals surface area contributed by atoms with E-state index in [4.69, 9.17) is 0 Å². The predicted octanol–water partition coefficient (Wildman–Crippen LogP) is 2.59. The van der Waals surface area contributed by atoms with Crippen LogP contribution in [-0.2, 0) is 14.3 Å². The van der Waals surface area contributed by atoms with Gasteiger partial charge in [0.1, 0.15) is 0 Å². The molecule has 1 amide bonds. The van der Waals surface area contributed by atoms with Gasteiger partial charge in [0.2, 0.25) is 0 Å². The summed E-state index contributed by atoms with van der Waals surface area (Å²) >= 11 is 0. The monoisotopic (exact) mass is 293 g/mol. The molecular formula is C18H15NO3. The molecule has 0 saturated heterocycles.